The van der Waals surface area contributed by atoms with Gasteiger partial charge in [-0.1, -0.05) is 13.8 Å². The molecule has 0 atom stereocenters. The van der Waals surface area contributed by atoms with Crippen LogP contribution in [0.2, 0.25) is 0 Å². The molecule has 0 saturated heterocycles. The highest BCUT2D eigenvalue weighted by molar-refractivity contribution is 5.18. The minimum Gasteiger partial charge on any atom is -0.302 e. The molecule has 1 aromatic heterocycles. The van der Waals surface area contributed by atoms with E-state index in [4.69, 9.17) is 0 Å². The van der Waals surface area contributed by atoms with Crippen molar-refractivity contribution in [1.82, 2.24) is 14.9 Å². The van der Waals surface area contributed by atoms with Crippen molar-refractivity contribution in [2.45, 2.75) is 26.8 Å². The van der Waals surface area contributed by atoms with E-state index < -0.39 is 0 Å². The second kappa shape index (κ2) is 4.92. The maximum absolute atomic E-state index is 4.22. The summed E-state index contributed by atoms with van der Waals surface area (Å²) < 4.78 is 0. The third kappa shape index (κ3) is 2.49. The Kier molecular flexibility index (Phi) is 3.83. The van der Waals surface area contributed by atoms with Gasteiger partial charge in [-0.15, -0.1) is 0 Å². The number of hydrogen-bond donors (Lipinski definition) is 0. The van der Waals surface area contributed by atoms with Gasteiger partial charge in [-0.05, 0) is 7.05 Å². The number of fused-ring (bicyclic) bond motifs is 1. The van der Waals surface area contributed by atoms with Gasteiger partial charge in [0.15, 0.2) is 0 Å². The van der Waals surface area contributed by atoms with Crippen molar-refractivity contribution in [3.8, 4) is 0 Å². The molecule has 13 heavy (non-hydrogen) atoms. The van der Waals surface area contributed by atoms with Gasteiger partial charge in [0.05, 0.1) is 0 Å². The van der Waals surface area contributed by atoms with Gasteiger partial charge in [0.1, 0.15) is 6.33 Å². The zero-order valence-corrected chi connectivity index (χ0v) is 8.62. The second-order valence-electron chi connectivity index (χ2n) is 2.98. The van der Waals surface area contributed by atoms with E-state index in [2.05, 4.69) is 21.9 Å². The summed E-state index contributed by atoms with van der Waals surface area (Å²) in [5.74, 6) is 0. The lowest BCUT2D eigenvalue weighted by atomic mass is 10.1. The normalized spacial score (nSPS) is 15.6. The van der Waals surface area contributed by atoms with E-state index in [0.29, 0.717) is 0 Å². The third-order valence-corrected chi connectivity index (χ3v) is 2.05. The molecule has 0 N–H and O–H groups in total. The van der Waals surface area contributed by atoms with Crippen LogP contribution < -0.4 is 0 Å². The highest BCUT2D eigenvalue weighted by Crippen LogP contribution is 2.12. The van der Waals surface area contributed by atoms with Gasteiger partial charge in [0.2, 0.25) is 0 Å². The molecule has 1 aliphatic rings. The molecule has 3 heteroatoms. The molecule has 0 bridgehead atoms. The summed E-state index contributed by atoms with van der Waals surface area (Å²) in [6, 6.07) is 0. The number of likely N-dealkylation sites (N-methyl/N-ethyl adjacent to an activating group) is 1. The van der Waals surface area contributed by atoms with E-state index in [0.717, 1.165) is 19.5 Å². The Hall–Kier alpha value is -0.960. The van der Waals surface area contributed by atoms with Crippen LogP contribution in [0.5, 0.6) is 0 Å². The summed E-state index contributed by atoms with van der Waals surface area (Å²) in [4.78, 5) is 10.5. The fourth-order valence-corrected chi connectivity index (χ4v) is 1.41. The summed E-state index contributed by atoms with van der Waals surface area (Å²) in [7, 11) is 2.12. The predicted molar refractivity (Wildman–Crippen MR) is 53.4 cm³/mol. The van der Waals surface area contributed by atoms with Gasteiger partial charge in [-0.2, -0.15) is 0 Å². The number of aromatic nitrogens is 2. The van der Waals surface area contributed by atoms with Gasteiger partial charge in [-0.25, -0.2) is 9.97 Å². The van der Waals surface area contributed by atoms with E-state index in [9.17, 15) is 0 Å². The van der Waals surface area contributed by atoms with E-state index in [1.54, 1.807) is 6.33 Å². The van der Waals surface area contributed by atoms with E-state index in [1.807, 2.05) is 20.0 Å². The maximum atomic E-state index is 4.22. The first-order valence-corrected chi connectivity index (χ1v) is 4.82. The van der Waals surface area contributed by atoms with Crippen molar-refractivity contribution in [2.75, 3.05) is 13.6 Å². The molecule has 1 aliphatic heterocycles. The highest BCUT2D eigenvalue weighted by atomic mass is 15.1. The predicted octanol–water partition coefficient (Wildman–Crippen LogP) is 1.49. The van der Waals surface area contributed by atoms with Crippen LogP contribution in [0.3, 0.4) is 0 Å². The lowest BCUT2D eigenvalue weighted by molar-refractivity contribution is 0.309. The van der Waals surface area contributed by atoms with Crippen LogP contribution >= 0.6 is 0 Å². The van der Waals surface area contributed by atoms with Crippen molar-refractivity contribution in [1.29, 1.82) is 0 Å². The Bertz CT molecular complexity index is 260. The van der Waals surface area contributed by atoms with Crippen LogP contribution in [0.15, 0.2) is 12.5 Å². The minimum atomic E-state index is 0.996. The molecule has 0 amide bonds. The summed E-state index contributed by atoms with van der Waals surface area (Å²) in [6.07, 6.45) is 4.61. The van der Waals surface area contributed by atoms with Crippen LogP contribution in [0.4, 0.5) is 0 Å². The number of nitrogens with zero attached hydrogens (tertiary/aromatic N) is 3. The Morgan fingerprint density at radius 1 is 1.38 bits per heavy atom. The average Bonchev–Trinajstić information content (AvgIpc) is 2.21. The zero-order valence-electron chi connectivity index (χ0n) is 8.62. The zero-order chi connectivity index (χ0) is 9.68. The minimum absolute atomic E-state index is 0.996. The third-order valence-electron chi connectivity index (χ3n) is 2.05. The van der Waals surface area contributed by atoms with Crippen molar-refractivity contribution in [3.63, 3.8) is 0 Å². The van der Waals surface area contributed by atoms with Gasteiger partial charge in [-0.3, -0.25) is 0 Å². The summed E-state index contributed by atoms with van der Waals surface area (Å²) >= 11 is 0. The van der Waals surface area contributed by atoms with Crippen molar-refractivity contribution in [2.24, 2.45) is 0 Å². The molecule has 0 spiro atoms. The quantitative estimate of drug-likeness (QED) is 0.604. The highest BCUT2D eigenvalue weighted by Gasteiger charge is 2.12. The van der Waals surface area contributed by atoms with Crippen molar-refractivity contribution in [3.05, 3.63) is 23.8 Å². The lowest BCUT2D eigenvalue weighted by Crippen LogP contribution is -2.27. The van der Waals surface area contributed by atoms with Gasteiger partial charge in [0.25, 0.3) is 0 Å². The molecular weight excluding hydrogens is 162 g/mol. The van der Waals surface area contributed by atoms with Crippen LogP contribution in [0.25, 0.3) is 0 Å². The molecule has 0 aliphatic carbocycles. The van der Waals surface area contributed by atoms with Crippen LogP contribution in [-0.4, -0.2) is 28.5 Å². The molecule has 2 rings (SSSR count). The van der Waals surface area contributed by atoms with Crippen molar-refractivity contribution < 1.29 is 0 Å². The first-order chi connectivity index (χ1) is 6.36. The van der Waals surface area contributed by atoms with Crippen molar-refractivity contribution >= 4 is 0 Å². The Labute approximate surface area is 79.8 Å². The molecule has 0 unspecified atom stereocenters. The fourth-order valence-electron chi connectivity index (χ4n) is 1.41. The number of hydrogen-bond acceptors (Lipinski definition) is 3. The number of rotatable bonds is 0. The lowest BCUT2D eigenvalue weighted by Gasteiger charge is -2.22. The Balaban J connectivity index is 0.000000396. The molecular formula is C10H17N3. The van der Waals surface area contributed by atoms with Crippen LogP contribution in [0, 0.1) is 0 Å². The Morgan fingerprint density at radius 2 is 2.15 bits per heavy atom. The molecule has 72 valence electrons. The Morgan fingerprint density at radius 3 is 2.92 bits per heavy atom. The first kappa shape index (κ1) is 10.1. The standard InChI is InChI=1S/C8H11N3.C2H6/c1-11-3-2-8-7(5-11)4-9-6-10-8;1-2/h4,6H,2-3,5H2,1H3;1-2H3. The van der Waals surface area contributed by atoms with Gasteiger partial charge in [0, 0.05) is 37.0 Å². The summed E-state index contributed by atoms with van der Waals surface area (Å²) in [6.45, 7) is 6.11. The SMILES string of the molecule is CC.CN1CCc2ncncc2C1. The molecule has 0 fully saturated rings. The topological polar surface area (TPSA) is 29.0 Å². The van der Waals surface area contributed by atoms with Crippen LogP contribution in [-0.2, 0) is 13.0 Å². The van der Waals surface area contributed by atoms with E-state index in [1.165, 1.54) is 11.3 Å². The molecule has 0 radical (unpaired) electrons. The largest absolute Gasteiger partial charge is 0.302 e. The molecule has 0 saturated carbocycles. The average molecular weight is 179 g/mol. The van der Waals surface area contributed by atoms with Crippen LogP contribution in [0.1, 0.15) is 25.1 Å². The molecule has 0 aromatic carbocycles. The van der Waals surface area contributed by atoms with Gasteiger partial charge >= 0.3 is 0 Å². The van der Waals surface area contributed by atoms with E-state index >= 15 is 0 Å². The smallest absolute Gasteiger partial charge is 0.115 e. The molecule has 3 nitrogen and oxygen atoms in total. The fraction of sp³-hybridized carbons (Fsp3) is 0.600. The maximum Gasteiger partial charge on any atom is 0.115 e. The van der Waals surface area contributed by atoms with E-state index in [-0.39, 0.29) is 0 Å². The summed E-state index contributed by atoms with van der Waals surface area (Å²) in [5.41, 5.74) is 2.50. The monoisotopic (exact) mass is 179 g/mol. The summed E-state index contributed by atoms with van der Waals surface area (Å²) in [5, 5.41) is 0. The van der Waals surface area contributed by atoms with Gasteiger partial charge < -0.3 is 4.90 Å². The first-order valence-electron chi connectivity index (χ1n) is 4.82. The molecule has 1 aromatic rings. The molecule has 2 heterocycles. The second-order valence-corrected chi connectivity index (χ2v) is 2.98.